The maximum absolute atomic E-state index is 13.0. The number of methoxy groups -OCH3 is 1. The van der Waals surface area contributed by atoms with Crippen molar-refractivity contribution in [1.82, 2.24) is 14.7 Å². The average molecular weight is 376 g/mol. The van der Waals surface area contributed by atoms with E-state index in [4.69, 9.17) is 4.74 Å². The SMILES string of the molecule is COc1ccc(N2CCN(C(=O)c3cnn(-c4ccccc4)c3C)CC2)cc1. The molecule has 0 unspecified atom stereocenters. The zero-order valence-corrected chi connectivity index (χ0v) is 16.2. The first-order valence-electron chi connectivity index (χ1n) is 9.45. The van der Waals surface area contributed by atoms with Gasteiger partial charge < -0.3 is 14.5 Å². The van der Waals surface area contributed by atoms with Gasteiger partial charge in [0.25, 0.3) is 5.91 Å². The molecule has 1 saturated heterocycles. The van der Waals surface area contributed by atoms with Crippen LogP contribution in [0.3, 0.4) is 0 Å². The molecule has 4 rings (SSSR count). The van der Waals surface area contributed by atoms with Crippen molar-refractivity contribution >= 4 is 11.6 Å². The fourth-order valence-corrected chi connectivity index (χ4v) is 3.58. The number of carbonyl (C=O) groups is 1. The Morgan fingerprint density at radius 3 is 2.25 bits per heavy atom. The van der Waals surface area contributed by atoms with Gasteiger partial charge in [0.2, 0.25) is 0 Å². The highest BCUT2D eigenvalue weighted by Crippen LogP contribution is 2.22. The van der Waals surface area contributed by atoms with Crippen molar-refractivity contribution < 1.29 is 9.53 Å². The number of ether oxygens (including phenoxy) is 1. The molecule has 1 aromatic heterocycles. The molecular formula is C22H24N4O2. The summed E-state index contributed by atoms with van der Waals surface area (Å²) in [6.45, 7) is 4.95. The molecule has 0 atom stereocenters. The van der Waals surface area contributed by atoms with Crippen LogP contribution in [0.5, 0.6) is 5.75 Å². The molecular weight excluding hydrogens is 352 g/mol. The third-order valence-electron chi connectivity index (χ3n) is 5.25. The Kier molecular flexibility index (Phi) is 5.02. The van der Waals surface area contributed by atoms with E-state index in [0.717, 1.165) is 35.9 Å². The lowest BCUT2D eigenvalue weighted by atomic mass is 10.2. The fraction of sp³-hybridized carbons (Fsp3) is 0.273. The van der Waals surface area contributed by atoms with Crippen molar-refractivity contribution in [2.24, 2.45) is 0 Å². The van der Waals surface area contributed by atoms with Crippen LogP contribution in [0.4, 0.5) is 5.69 Å². The summed E-state index contributed by atoms with van der Waals surface area (Å²) in [5.74, 6) is 0.900. The minimum absolute atomic E-state index is 0.0501. The van der Waals surface area contributed by atoms with Crippen molar-refractivity contribution in [3.8, 4) is 11.4 Å². The van der Waals surface area contributed by atoms with Gasteiger partial charge in [-0.25, -0.2) is 4.68 Å². The molecule has 2 aromatic carbocycles. The van der Waals surface area contributed by atoms with Gasteiger partial charge in [-0.2, -0.15) is 5.10 Å². The number of aromatic nitrogens is 2. The van der Waals surface area contributed by atoms with E-state index in [9.17, 15) is 4.79 Å². The fourth-order valence-electron chi connectivity index (χ4n) is 3.58. The second-order valence-electron chi connectivity index (χ2n) is 6.87. The minimum atomic E-state index is 0.0501. The average Bonchev–Trinajstić information content (AvgIpc) is 3.15. The summed E-state index contributed by atoms with van der Waals surface area (Å²) in [6.07, 6.45) is 1.68. The molecule has 0 aliphatic carbocycles. The van der Waals surface area contributed by atoms with Crippen molar-refractivity contribution in [2.75, 3.05) is 38.2 Å². The van der Waals surface area contributed by atoms with Crippen LogP contribution in [0.15, 0.2) is 60.8 Å². The quantitative estimate of drug-likeness (QED) is 0.702. The molecule has 1 aliphatic rings. The predicted octanol–water partition coefficient (Wildman–Crippen LogP) is 3.15. The first-order valence-corrected chi connectivity index (χ1v) is 9.45. The normalized spacial score (nSPS) is 14.2. The second kappa shape index (κ2) is 7.76. The number of rotatable bonds is 4. The summed E-state index contributed by atoms with van der Waals surface area (Å²) in [5.41, 5.74) is 3.65. The minimum Gasteiger partial charge on any atom is -0.497 e. The van der Waals surface area contributed by atoms with Crippen LogP contribution in [-0.4, -0.2) is 53.9 Å². The summed E-state index contributed by atoms with van der Waals surface area (Å²) >= 11 is 0. The largest absolute Gasteiger partial charge is 0.497 e. The number of nitrogens with zero attached hydrogens (tertiary/aromatic N) is 4. The Morgan fingerprint density at radius 1 is 0.929 bits per heavy atom. The van der Waals surface area contributed by atoms with Crippen LogP contribution in [0, 0.1) is 6.92 Å². The molecule has 1 fully saturated rings. The lowest BCUT2D eigenvalue weighted by Crippen LogP contribution is -2.48. The highest BCUT2D eigenvalue weighted by atomic mass is 16.5. The Balaban J connectivity index is 1.43. The molecule has 6 heteroatoms. The molecule has 0 N–H and O–H groups in total. The van der Waals surface area contributed by atoms with Crippen LogP contribution < -0.4 is 9.64 Å². The van der Waals surface area contributed by atoms with E-state index in [-0.39, 0.29) is 5.91 Å². The van der Waals surface area contributed by atoms with Crippen LogP contribution in [0.25, 0.3) is 5.69 Å². The molecule has 6 nitrogen and oxygen atoms in total. The van der Waals surface area contributed by atoms with Gasteiger partial charge in [-0.3, -0.25) is 4.79 Å². The van der Waals surface area contributed by atoms with E-state index in [1.165, 1.54) is 0 Å². The molecule has 3 aromatic rings. The van der Waals surface area contributed by atoms with Gasteiger partial charge in [0.05, 0.1) is 30.3 Å². The Labute approximate surface area is 164 Å². The maximum Gasteiger partial charge on any atom is 0.257 e. The summed E-state index contributed by atoms with van der Waals surface area (Å²) in [6, 6.07) is 17.9. The van der Waals surface area contributed by atoms with E-state index in [2.05, 4.69) is 22.1 Å². The van der Waals surface area contributed by atoms with Crippen LogP contribution in [-0.2, 0) is 0 Å². The number of hydrogen-bond acceptors (Lipinski definition) is 4. The number of para-hydroxylation sites is 1. The lowest BCUT2D eigenvalue weighted by molar-refractivity contribution is 0.0746. The standard InChI is InChI=1S/C22H24N4O2/c1-17-21(16-23-26(17)19-6-4-3-5-7-19)22(27)25-14-12-24(13-15-25)18-8-10-20(28-2)11-9-18/h3-11,16H,12-15H2,1-2H3. The van der Waals surface area contributed by atoms with Crippen molar-refractivity contribution in [3.05, 3.63) is 72.1 Å². The zero-order valence-electron chi connectivity index (χ0n) is 16.2. The molecule has 2 heterocycles. The van der Waals surface area contributed by atoms with E-state index in [1.807, 2.05) is 59.0 Å². The Hall–Kier alpha value is -3.28. The van der Waals surface area contributed by atoms with Gasteiger partial charge >= 0.3 is 0 Å². The molecule has 0 bridgehead atoms. The first-order chi connectivity index (χ1) is 13.7. The number of carbonyl (C=O) groups excluding carboxylic acids is 1. The molecule has 1 aliphatic heterocycles. The lowest BCUT2D eigenvalue weighted by Gasteiger charge is -2.36. The molecule has 0 radical (unpaired) electrons. The summed E-state index contributed by atoms with van der Waals surface area (Å²) < 4.78 is 7.04. The number of benzene rings is 2. The monoisotopic (exact) mass is 376 g/mol. The Bertz CT molecular complexity index is 942. The van der Waals surface area contributed by atoms with Gasteiger partial charge in [0.1, 0.15) is 5.75 Å². The molecule has 0 saturated carbocycles. The Morgan fingerprint density at radius 2 is 1.61 bits per heavy atom. The summed E-state index contributed by atoms with van der Waals surface area (Å²) in [4.78, 5) is 17.2. The van der Waals surface area contributed by atoms with Crippen LogP contribution >= 0.6 is 0 Å². The van der Waals surface area contributed by atoms with Gasteiger partial charge in [0, 0.05) is 31.9 Å². The van der Waals surface area contributed by atoms with E-state index in [1.54, 1.807) is 13.3 Å². The number of hydrogen-bond donors (Lipinski definition) is 0. The second-order valence-corrected chi connectivity index (χ2v) is 6.87. The van der Waals surface area contributed by atoms with Gasteiger partial charge in [-0.15, -0.1) is 0 Å². The van der Waals surface area contributed by atoms with E-state index >= 15 is 0 Å². The highest BCUT2D eigenvalue weighted by Gasteiger charge is 2.25. The number of anilines is 1. The topological polar surface area (TPSA) is 50.6 Å². The van der Waals surface area contributed by atoms with Crippen molar-refractivity contribution in [1.29, 1.82) is 0 Å². The molecule has 144 valence electrons. The van der Waals surface area contributed by atoms with E-state index < -0.39 is 0 Å². The number of piperazine rings is 1. The number of amides is 1. The molecule has 0 spiro atoms. The van der Waals surface area contributed by atoms with E-state index in [0.29, 0.717) is 18.7 Å². The van der Waals surface area contributed by atoms with Gasteiger partial charge in [-0.1, -0.05) is 18.2 Å². The van der Waals surface area contributed by atoms with Crippen LogP contribution in [0.2, 0.25) is 0 Å². The molecule has 1 amide bonds. The predicted molar refractivity (Wildman–Crippen MR) is 109 cm³/mol. The zero-order chi connectivity index (χ0) is 19.5. The smallest absolute Gasteiger partial charge is 0.257 e. The summed E-state index contributed by atoms with van der Waals surface area (Å²) in [7, 11) is 1.67. The first kappa shape index (κ1) is 18.1. The van der Waals surface area contributed by atoms with Crippen molar-refractivity contribution in [2.45, 2.75) is 6.92 Å². The van der Waals surface area contributed by atoms with Gasteiger partial charge in [-0.05, 0) is 43.3 Å². The van der Waals surface area contributed by atoms with Crippen LogP contribution in [0.1, 0.15) is 16.1 Å². The third-order valence-corrected chi connectivity index (χ3v) is 5.25. The van der Waals surface area contributed by atoms with Crippen molar-refractivity contribution in [3.63, 3.8) is 0 Å². The third kappa shape index (κ3) is 3.45. The summed E-state index contributed by atoms with van der Waals surface area (Å²) in [5, 5.41) is 4.43. The van der Waals surface area contributed by atoms with Gasteiger partial charge in [0.15, 0.2) is 0 Å². The maximum atomic E-state index is 13.0. The molecule has 28 heavy (non-hydrogen) atoms. The highest BCUT2D eigenvalue weighted by molar-refractivity contribution is 5.95.